The Labute approximate surface area is 94.2 Å². The average molecular weight is 217 g/mol. The minimum absolute atomic E-state index is 0.0971. The van der Waals surface area contributed by atoms with Crippen molar-refractivity contribution in [1.82, 2.24) is 0 Å². The summed E-state index contributed by atoms with van der Waals surface area (Å²) in [7, 11) is 0. The monoisotopic (exact) mass is 217 g/mol. The predicted molar refractivity (Wildman–Crippen MR) is 68.2 cm³/mol. The van der Waals surface area contributed by atoms with Crippen LogP contribution in [0, 0.1) is 0 Å². The van der Waals surface area contributed by atoms with Gasteiger partial charge >= 0.3 is 0 Å². The Bertz CT molecular complexity index is 451. The van der Waals surface area contributed by atoms with Gasteiger partial charge in [0.15, 0.2) is 0 Å². The number of benzene rings is 1. The molecule has 0 saturated heterocycles. The molecule has 78 valence electrons. The molecule has 0 aliphatic rings. The molecule has 1 nitrogen and oxygen atoms in total. The fourth-order valence-corrected chi connectivity index (χ4v) is 2.73. The van der Waals surface area contributed by atoms with Crippen LogP contribution < -0.4 is 5.73 Å². The summed E-state index contributed by atoms with van der Waals surface area (Å²) in [5, 5.41) is 1.29. The van der Waals surface area contributed by atoms with Crippen molar-refractivity contribution >= 4 is 21.4 Å². The van der Waals surface area contributed by atoms with Gasteiger partial charge in [-0.1, -0.05) is 23.8 Å². The highest BCUT2D eigenvalue weighted by Gasteiger charge is 2.09. The van der Waals surface area contributed by atoms with Crippen molar-refractivity contribution in [3.63, 3.8) is 0 Å². The molecule has 1 aromatic carbocycles. The van der Waals surface area contributed by atoms with Crippen LogP contribution in [0.4, 0.5) is 0 Å². The van der Waals surface area contributed by atoms with E-state index in [1.54, 1.807) is 11.3 Å². The Kier molecular flexibility index (Phi) is 2.89. The Balaban J connectivity index is 2.32. The maximum absolute atomic E-state index is 6.11. The molecular formula is C13H15NS. The number of hydrogen-bond donors (Lipinski definition) is 1. The van der Waals surface area contributed by atoms with Gasteiger partial charge in [-0.2, -0.15) is 0 Å². The van der Waals surface area contributed by atoms with E-state index in [0.29, 0.717) is 0 Å². The van der Waals surface area contributed by atoms with Crippen LogP contribution in [0.1, 0.15) is 24.3 Å². The molecule has 0 bridgehead atoms. The van der Waals surface area contributed by atoms with Crippen LogP contribution in [-0.2, 0) is 0 Å². The second-order valence-corrected chi connectivity index (χ2v) is 5.07. The van der Waals surface area contributed by atoms with E-state index >= 15 is 0 Å². The molecule has 1 atom stereocenters. The molecular weight excluding hydrogens is 202 g/mol. The van der Waals surface area contributed by atoms with Gasteiger partial charge in [-0.3, -0.25) is 0 Å². The molecule has 2 rings (SSSR count). The highest BCUT2D eigenvalue weighted by molar-refractivity contribution is 7.19. The van der Waals surface area contributed by atoms with Crippen LogP contribution >= 0.6 is 11.3 Å². The first kappa shape index (κ1) is 10.4. The Morgan fingerprint density at radius 1 is 1.47 bits per heavy atom. The van der Waals surface area contributed by atoms with E-state index in [2.05, 4.69) is 36.9 Å². The zero-order valence-electron chi connectivity index (χ0n) is 8.86. The summed E-state index contributed by atoms with van der Waals surface area (Å²) >= 11 is 1.78. The first-order valence-corrected chi connectivity index (χ1v) is 5.87. The van der Waals surface area contributed by atoms with Crippen LogP contribution in [0.5, 0.6) is 0 Å². The Hall–Kier alpha value is -1.12. The lowest BCUT2D eigenvalue weighted by molar-refractivity contribution is 0.732. The molecule has 0 radical (unpaired) electrons. The number of rotatable bonds is 3. The summed E-state index contributed by atoms with van der Waals surface area (Å²) in [4.78, 5) is 1.25. The van der Waals surface area contributed by atoms with E-state index in [0.717, 1.165) is 12.0 Å². The molecule has 0 amide bonds. The van der Waals surface area contributed by atoms with Crippen molar-refractivity contribution in [3.8, 4) is 0 Å². The highest BCUT2D eigenvalue weighted by Crippen LogP contribution is 2.30. The van der Waals surface area contributed by atoms with Crippen LogP contribution in [0.2, 0.25) is 0 Å². The lowest BCUT2D eigenvalue weighted by Crippen LogP contribution is -2.08. The van der Waals surface area contributed by atoms with Gasteiger partial charge in [0.25, 0.3) is 0 Å². The summed E-state index contributed by atoms with van der Waals surface area (Å²) in [6.07, 6.45) is 0.868. The van der Waals surface area contributed by atoms with Gasteiger partial charge < -0.3 is 5.73 Å². The van der Waals surface area contributed by atoms with Crippen molar-refractivity contribution in [2.45, 2.75) is 19.4 Å². The predicted octanol–water partition coefficient (Wildman–Crippen LogP) is 3.87. The SMILES string of the molecule is C=C(C)CC(N)c1cc2ccccc2s1. The Morgan fingerprint density at radius 2 is 2.20 bits per heavy atom. The van der Waals surface area contributed by atoms with E-state index in [-0.39, 0.29) is 6.04 Å². The van der Waals surface area contributed by atoms with E-state index < -0.39 is 0 Å². The van der Waals surface area contributed by atoms with Crippen molar-refractivity contribution in [3.05, 3.63) is 47.4 Å². The van der Waals surface area contributed by atoms with E-state index in [1.807, 2.05) is 6.92 Å². The Morgan fingerprint density at radius 3 is 2.87 bits per heavy atom. The maximum Gasteiger partial charge on any atom is 0.0427 e. The third kappa shape index (κ3) is 2.28. The first-order chi connectivity index (χ1) is 7.16. The molecule has 15 heavy (non-hydrogen) atoms. The van der Waals surface area contributed by atoms with E-state index in [9.17, 15) is 0 Å². The second-order valence-electron chi connectivity index (χ2n) is 3.95. The van der Waals surface area contributed by atoms with E-state index in [4.69, 9.17) is 5.73 Å². The standard InChI is InChI=1S/C13H15NS/c1-9(2)7-11(14)13-8-10-5-3-4-6-12(10)15-13/h3-6,8,11H,1,7,14H2,2H3. The van der Waals surface area contributed by atoms with Gasteiger partial charge in [-0.05, 0) is 30.9 Å². The molecule has 0 aliphatic carbocycles. The smallest absolute Gasteiger partial charge is 0.0427 e. The van der Waals surface area contributed by atoms with Crippen LogP contribution in [0.25, 0.3) is 10.1 Å². The molecule has 0 fully saturated rings. The first-order valence-electron chi connectivity index (χ1n) is 5.05. The normalized spacial score (nSPS) is 12.9. The fourth-order valence-electron chi connectivity index (χ4n) is 1.66. The minimum atomic E-state index is 0.0971. The minimum Gasteiger partial charge on any atom is -0.323 e. The lowest BCUT2D eigenvalue weighted by atomic mass is 10.1. The van der Waals surface area contributed by atoms with Gasteiger partial charge in [-0.25, -0.2) is 0 Å². The summed E-state index contributed by atoms with van der Waals surface area (Å²) in [5.41, 5.74) is 7.25. The van der Waals surface area contributed by atoms with Gasteiger partial charge in [0.1, 0.15) is 0 Å². The molecule has 2 heteroatoms. The molecule has 2 N–H and O–H groups in total. The molecule has 1 unspecified atom stereocenters. The van der Waals surface area contributed by atoms with Crippen molar-refractivity contribution in [2.24, 2.45) is 5.73 Å². The van der Waals surface area contributed by atoms with Crippen molar-refractivity contribution in [2.75, 3.05) is 0 Å². The van der Waals surface area contributed by atoms with Crippen molar-refractivity contribution in [1.29, 1.82) is 0 Å². The topological polar surface area (TPSA) is 26.0 Å². The zero-order valence-corrected chi connectivity index (χ0v) is 9.68. The number of fused-ring (bicyclic) bond motifs is 1. The van der Waals surface area contributed by atoms with Gasteiger partial charge in [0.05, 0.1) is 0 Å². The van der Waals surface area contributed by atoms with Crippen LogP contribution in [-0.4, -0.2) is 0 Å². The molecule has 2 aromatic rings. The summed E-state index contributed by atoms with van der Waals surface area (Å²) in [5.74, 6) is 0. The molecule has 1 heterocycles. The van der Waals surface area contributed by atoms with Gasteiger partial charge in [0, 0.05) is 15.6 Å². The van der Waals surface area contributed by atoms with Crippen LogP contribution in [0.3, 0.4) is 0 Å². The largest absolute Gasteiger partial charge is 0.323 e. The van der Waals surface area contributed by atoms with E-state index in [1.165, 1.54) is 15.0 Å². The maximum atomic E-state index is 6.11. The summed E-state index contributed by atoms with van der Waals surface area (Å²) in [6, 6.07) is 10.7. The molecule has 0 aliphatic heterocycles. The highest BCUT2D eigenvalue weighted by atomic mass is 32.1. The fraction of sp³-hybridized carbons (Fsp3) is 0.231. The number of nitrogens with two attached hydrogens (primary N) is 1. The van der Waals surface area contributed by atoms with Gasteiger partial charge in [-0.15, -0.1) is 17.9 Å². The van der Waals surface area contributed by atoms with Crippen LogP contribution in [0.15, 0.2) is 42.5 Å². The number of hydrogen-bond acceptors (Lipinski definition) is 2. The lowest BCUT2D eigenvalue weighted by Gasteiger charge is -2.07. The third-order valence-electron chi connectivity index (χ3n) is 2.38. The zero-order chi connectivity index (χ0) is 10.8. The summed E-state index contributed by atoms with van der Waals surface area (Å²) < 4.78 is 1.31. The second kappa shape index (κ2) is 4.17. The quantitative estimate of drug-likeness (QED) is 0.776. The third-order valence-corrected chi connectivity index (χ3v) is 3.63. The molecule has 1 aromatic heterocycles. The summed E-state index contributed by atoms with van der Waals surface area (Å²) in [6.45, 7) is 5.92. The van der Waals surface area contributed by atoms with Gasteiger partial charge in [0.2, 0.25) is 0 Å². The van der Waals surface area contributed by atoms with Crippen molar-refractivity contribution < 1.29 is 0 Å². The average Bonchev–Trinajstić information content (AvgIpc) is 2.59. The number of thiophene rings is 1. The molecule has 0 spiro atoms. The molecule has 0 saturated carbocycles.